The highest BCUT2D eigenvalue weighted by atomic mass is 16.6. The fourth-order valence-electron chi connectivity index (χ4n) is 3.45. The van der Waals surface area contributed by atoms with Crippen molar-refractivity contribution >= 4 is 11.8 Å². The zero-order valence-corrected chi connectivity index (χ0v) is 20.0. The van der Waals surface area contributed by atoms with Crippen LogP contribution >= 0.6 is 0 Å². The number of aliphatic hydroxyl groups is 2. The summed E-state index contributed by atoms with van der Waals surface area (Å²) in [5.74, 6) is -0.552. The molecular formula is C28H30O8. The molecule has 0 saturated carbocycles. The highest BCUT2D eigenvalue weighted by Crippen LogP contribution is 2.26. The number of phenolic OH excluding ortho intramolecular Hbond substituents is 1. The lowest BCUT2D eigenvalue weighted by Gasteiger charge is -2.19. The second-order valence-electron chi connectivity index (χ2n) is 8.16. The van der Waals surface area contributed by atoms with Gasteiger partial charge in [0.15, 0.2) is 5.78 Å². The average Bonchev–Trinajstić information content (AvgIpc) is 2.89. The zero-order valence-electron chi connectivity index (χ0n) is 20.0. The van der Waals surface area contributed by atoms with E-state index in [-0.39, 0.29) is 43.5 Å². The van der Waals surface area contributed by atoms with Gasteiger partial charge in [0, 0.05) is 18.2 Å². The van der Waals surface area contributed by atoms with E-state index in [1.165, 1.54) is 12.1 Å². The Hall–Kier alpha value is -3.72. The first-order chi connectivity index (χ1) is 17.4. The molecule has 0 aromatic heterocycles. The first kappa shape index (κ1) is 26.9. The van der Waals surface area contributed by atoms with Crippen molar-refractivity contribution in [2.24, 2.45) is 0 Å². The molecule has 3 N–H and O–H groups in total. The van der Waals surface area contributed by atoms with E-state index in [0.717, 1.165) is 5.56 Å². The quantitative estimate of drug-likeness (QED) is 0.187. The van der Waals surface area contributed by atoms with Crippen molar-refractivity contribution in [3.05, 3.63) is 95.1 Å². The molecule has 0 aliphatic heterocycles. The van der Waals surface area contributed by atoms with E-state index >= 15 is 0 Å². The van der Waals surface area contributed by atoms with Gasteiger partial charge in [-0.15, -0.1) is 0 Å². The smallest absolute Gasteiger partial charge is 0.338 e. The van der Waals surface area contributed by atoms with Gasteiger partial charge in [-0.1, -0.05) is 42.5 Å². The van der Waals surface area contributed by atoms with E-state index in [1.54, 1.807) is 61.5 Å². The Bertz CT molecular complexity index is 1130. The van der Waals surface area contributed by atoms with Crippen molar-refractivity contribution in [2.45, 2.75) is 32.2 Å². The Morgan fingerprint density at radius 1 is 0.917 bits per heavy atom. The van der Waals surface area contributed by atoms with Crippen molar-refractivity contribution in [1.29, 1.82) is 0 Å². The van der Waals surface area contributed by atoms with Gasteiger partial charge in [-0.05, 0) is 43.2 Å². The van der Waals surface area contributed by atoms with Gasteiger partial charge in [0.25, 0.3) is 0 Å². The Balaban J connectivity index is 1.48. The van der Waals surface area contributed by atoms with Crippen molar-refractivity contribution in [2.75, 3.05) is 19.8 Å². The van der Waals surface area contributed by atoms with Gasteiger partial charge >= 0.3 is 5.97 Å². The van der Waals surface area contributed by atoms with Crippen LogP contribution in [0.1, 0.15) is 45.2 Å². The van der Waals surface area contributed by atoms with Gasteiger partial charge in [0.05, 0.1) is 29.9 Å². The predicted molar refractivity (Wildman–Crippen MR) is 132 cm³/mol. The SMILES string of the molecule is CC(O)C(CCO)OCCOC(=O)c1ccc(COc2ccc(C(=O)c3ccccc3)c(O)c2)cc1. The van der Waals surface area contributed by atoms with Crippen LogP contribution in [0.5, 0.6) is 11.5 Å². The van der Waals surface area contributed by atoms with Gasteiger partial charge in [-0.2, -0.15) is 0 Å². The van der Waals surface area contributed by atoms with Crippen LogP contribution in [0.2, 0.25) is 0 Å². The second kappa shape index (κ2) is 13.4. The number of ether oxygens (including phenoxy) is 3. The summed E-state index contributed by atoms with van der Waals surface area (Å²) in [6.45, 7) is 1.79. The van der Waals surface area contributed by atoms with E-state index < -0.39 is 18.2 Å². The van der Waals surface area contributed by atoms with Crippen molar-refractivity contribution in [3.63, 3.8) is 0 Å². The molecule has 8 heteroatoms. The first-order valence-corrected chi connectivity index (χ1v) is 11.6. The number of carbonyl (C=O) groups is 2. The molecule has 36 heavy (non-hydrogen) atoms. The maximum atomic E-state index is 12.5. The molecule has 190 valence electrons. The summed E-state index contributed by atoms with van der Waals surface area (Å²) in [5, 5.41) is 28.9. The minimum atomic E-state index is -0.735. The monoisotopic (exact) mass is 494 g/mol. The summed E-state index contributed by atoms with van der Waals surface area (Å²) < 4.78 is 16.3. The molecule has 0 amide bonds. The molecule has 3 rings (SSSR count). The largest absolute Gasteiger partial charge is 0.507 e. The van der Waals surface area contributed by atoms with Crippen LogP contribution in [0.25, 0.3) is 0 Å². The van der Waals surface area contributed by atoms with Crippen LogP contribution in [-0.4, -0.2) is 59.1 Å². The molecule has 8 nitrogen and oxygen atoms in total. The highest BCUT2D eigenvalue weighted by molar-refractivity contribution is 6.10. The number of benzene rings is 3. The maximum absolute atomic E-state index is 12.5. The van der Waals surface area contributed by atoms with Crippen molar-refractivity contribution in [3.8, 4) is 11.5 Å². The molecule has 0 aliphatic rings. The first-order valence-electron chi connectivity index (χ1n) is 11.6. The minimum absolute atomic E-state index is 0.0185. The van der Waals surface area contributed by atoms with E-state index in [2.05, 4.69) is 0 Å². The van der Waals surface area contributed by atoms with Crippen LogP contribution in [0.15, 0.2) is 72.8 Å². The number of aromatic hydroxyl groups is 1. The van der Waals surface area contributed by atoms with E-state index in [0.29, 0.717) is 23.3 Å². The molecule has 0 aliphatic carbocycles. The number of hydrogen-bond donors (Lipinski definition) is 3. The van der Waals surface area contributed by atoms with Gasteiger partial charge in [-0.3, -0.25) is 4.79 Å². The van der Waals surface area contributed by atoms with E-state index in [1.807, 2.05) is 6.07 Å². The molecule has 0 radical (unpaired) electrons. The molecule has 3 aromatic carbocycles. The molecule has 2 unspecified atom stereocenters. The molecule has 3 aromatic rings. The number of phenols is 1. The normalized spacial score (nSPS) is 12.5. The second-order valence-corrected chi connectivity index (χ2v) is 8.16. The molecule has 0 bridgehead atoms. The molecule has 0 spiro atoms. The summed E-state index contributed by atoms with van der Waals surface area (Å²) in [6, 6.07) is 19.9. The fraction of sp³-hybridized carbons (Fsp3) is 0.286. The Kier molecular flexibility index (Phi) is 10.00. The number of rotatable bonds is 13. The number of esters is 1. The summed E-state index contributed by atoms with van der Waals surface area (Å²) in [4.78, 5) is 24.8. The topological polar surface area (TPSA) is 123 Å². The Morgan fingerprint density at radius 3 is 2.28 bits per heavy atom. The zero-order chi connectivity index (χ0) is 25.9. The summed E-state index contributed by atoms with van der Waals surface area (Å²) >= 11 is 0. The number of ketones is 1. The summed E-state index contributed by atoms with van der Waals surface area (Å²) in [7, 11) is 0. The Labute approximate surface area is 209 Å². The van der Waals surface area contributed by atoms with Gasteiger partial charge in [-0.25, -0.2) is 4.79 Å². The average molecular weight is 495 g/mol. The third-order valence-corrected chi connectivity index (χ3v) is 5.45. The van der Waals surface area contributed by atoms with Gasteiger partial charge in [0.1, 0.15) is 24.7 Å². The van der Waals surface area contributed by atoms with Crippen molar-refractivity contribution in [1.82, 2.24) is 0 Å². The van der Waals surface area contributed by atoms with Crippen LogP contribution in [0, 0.1) is 0 Å². The number of aliphatic hydroxyl groups excluding tert-OH is 2. The lowest BCUT2D eigenvalue weighted by Crippen LogP contribution is -2.29. The fourth-order valence-corrected chi connectivity index (χ4v) is 3.45. The molecule has 0 saturated heterocycles. The van der Waals surface area contributed by atoms with E-state index in [4.69, 9.17) is 19.3 Å². The predicted octanol–water partition coefficient (Wildman–Crippen LogP) is 3.51. The third kappa shape index (κ3) is 7.64. The van der Waals surface area contributed by atoms with Crippen LogP contribution in [-0.2, 0) is 16.1 Å². The minimum Gasteiger partial charge on any atom is -0.507 e. The third-order valence-electron chi connectivity index (χ3n) is 5.45. The Morgan fingerprint density at radius 2 is 1.64 bits per heavy atom. The summed E-state index contributed by atoms with van der Waals surface area (Å²) in [5.41, 5.74) is 1.83. The molecular weight excluding hydrogens is 464 g/mol. The van der Waals surface area contributed by atoms with E-state index in [9.17, 15) is 19.8 Å². The van der Waals surface area contributed by atoms with Crippen LogP contribution in [0.4, 0.5) is 0 Å². The lowest BCUT2D eigenvalue weighted by molar-refractivity contribution is -0.0533. The highest BCUT2D eigenvalue weighted by Gasteiger charge is 2.16. The molecule has 0 heterocycles. The standard InChI is InChI=1S/C28H30O8/c1-19(30)26(13-14-29)34-15-16-35-28(33)22-9-7-20(8-10-22)18-36-23-11-12-24(25(31)17-23)27(32)21-5-3-2-4-6-21/h2-12,17,19,26,29-31H,13-16,18H2,1H3. The maximum Gasteiger partial charge on any atom is 0.338 e. The van der Waals surface area contributed by atoms with Crippen molar-refractivity contribution < 1.29 is 39.1 Å². The summed E-state index contributed by atoms with van der Waals surface area (Å²) in [6.07, 6.45) is -0.957. The molecule has 0 fully saturated rings. The number of hydrogen-bond acceptors (Lipinski definition) is 8. The van der Waals surface area contributed by atoms with Crippen LogP contribution in [0.3, 0.4) is 0 Å². The van der Waals surface area contributed by atoms with Gasteiger partial charge in [0.2, 0.25) is 0 Å². The van der Waals surface area contributed by atoms with Crippen LogP contribution < -0.4 is 4.74 Å². The van der Waals surface area contributed by atoms with Gasteiger partial charge < -0.3 is 29.5 Å². The lowest BCUT2D eigenvalue weighted by atomic mass is 10.0. The number of carbonyl (C=O) groups excluding carboxylic acids is 2. The molecule has 2 atom stereocenters.